The molecule has 2 fully saturated rings. The van der Waals surface area contributed by atoms with Gasteiger partial charge < -0.3 is 19.1 Å². The summed E-state index contributed by atoms with van der Waals surface area (Å²) in [5.41, 5.74) is -0.930. The number of rotatable bonds is 4. The van der Waals surface area contributed by atoms with Crippen LogP contribution in [0.5, 0.6) is 0 Å². The van der Waals surface area contributed by atoms with Crippen LogP contribution < -0.4 is 0 Å². The van der Waals surface area contributed by atoms with Gasteiger partial charge in [-0.3, -0.25) is 9.59 Å². The van der Waals surface area contributed by atoms with Crippen molar-refractivity contribution in [2.24, 2.45) is 11.8 Å². The second kappa shape index (κ2) is 5.92. The first-order chi connectivity index (χ1) is 12.6. The summed E-state index contributed by atoms with van der Waals surface area (Å²) in [6.45, 7) is 9.78. The molecule has 4 rings (SSSR count). The molecule has 7 heteroatoms. The van der Waals surface area contributed by atoms with Crippen LogP contribution in [-0.2, 0) is 20.9 Å². The largest absolute Gasteiger partial charge is 0.360 e. The van der Waals surface area contributed by atoms with Gasteiger partial charge in [0.25, 0.3) is 0 Å². The van der Waals surface area contributed by atoms with E-state index in [1.54, 1.807) is 18.1 Å². The van der Waals surface area contributed by atoms with Gasteiger partial charge in [-0.05, 0) is 27.7 Å². The van der Waals surface area contributed by atoms with Crippen LogP contribution in [0.25, 0.3) is 0 Å². The van der Waals surface area contributed by atoms with E-state index in [-0.39, 0.29) is 23.5 Å². The number of hydrogen-bond donors (Lipinski definition) is 0. The van der Waals surface area contributed by atoms with Crippen molar-refractivity contribution in [3.63, 3.8) is 0 Å². The first kappa shape index (κ1) is 18.2. The molecule has 0 aromatic carbocycles. The highest BCUT2D eigenvalue weighted by atomic mass is 16.5. The number of aryl methyl sites for hydroxylation is 1. The minimum absolute atomic E-state index is 0.0156. The Bertz CT molecular complexity index is 808. The van der Waals surface area contributed by atoms with E-state index in [0.29, 0.717) is 19.6 Å². The molecule has 2 saturated heterocycles. The standard InChI is InChI=1S/C20H28N4O3/c1-13-21-8-9-23(13)11-10-22(5)17(25)15-14-6-7-20(27-14)12-24(19(2,3)4)18(26)16(15)20/h6-9,14-16H,10-12H2,1-5H3/t14-,15+,16+,20-/m0/s1. The van der Waals surface area contributed by atoms with Crippen LogP contribution in [0.1, 0.15) is 26.6 Å². The Morgan fingerprint density at radius 3 is 2.81 bits per heavy atom. The summed E-state index contributed by atoms with van der Waals surface area (Å²) in [7, 11) is 1.80. The number of amides is 2. The number of likely N-dealkylation sites (tertiary alicyclic amines) is 1. The summed E-state index contributed by atoms with van der Waals surface area (Å²) in [5, 5.41) is 0. The van der Waals surface area contributed by atoms with E-state index >= 15 is 0 Å². The molecule has 4 atom stereocenters. The Labute approximate surface area is 160 Å². The van der Waals surface area contributed by atoms with Gasteiger partial charge in [0.15, 0.2) is 0 Å². The number of carbonyl (C=O) groups excluding carboxylic acids is 2. The molecular weight excluding hydrogens is 344 g/mol. The Hall–Kier alpha value is -2.15. The minimum atomic E-state index is -0.642. The molecule has 27 heavy (non-hydrogen) atoms. The molecular formula is C20H28N4O3. The van der Waals surface area contributed by atoms with Crippen molar-refractivity contribution in [1.29, 1.82) is 0 Å². The maximum absolute atomic E-state index is 13.2. The molecule has 0 aliphatic carbocycles. The summed E-state index contributed by atoms with van der Waals surface area (Å²) in [4.78, 5) is 34.2. The molecule has 4 heterocycles. The molecule has 1 spiro atoms. The van der Waals surface area contributed by atoms with E-state index in [2.05, 4.69) is 4.98 Å². The number of fused-ring (bicyclic) bond motifs is 1. The first-order valence-corrected chi connectivity index (χ1v) is 9.55. The summed E-state index contributed by atoms with van der Waals surface area (Å²) in [6.07, 6.45) is 7.34. The van der Waals surface area contributed by atoms with Gasteiger partial charge in [-0.15, -0.1) is 0 Å². The lowest BCUT2D eigenvalue weighted by molar-refractivity contribution is -0.144. The molecule has 0 radical (unpaired) electrons. The lowest BCUT2D eigenvalue weighted by Gasteiger charge is -2.34. The van der Waals surface area contributed by atoms with Crippen LogP contribution in [0.15, 0.2) is 24.5 Å². The topological polar surface area (TPSA) is 67.7 Å². The highest BCUT2D eigenvalue weighted by molar-refractivity contribution is 5.93. The first-order valence-electron chi connectivity index (χ1n) is 9.55. The van der Waals surface area contributed by atoms with Crippen LogP contribution in [0, 0.1) is 18.8 Å². The third-order valence-electron chi connectivity index (χ3n) is 6.17. The van der Waals surface area contributed by atoms with Crippen molar-refractivity contribution in [2.45, 2.75) is 51.5 Å². The average molecular weight is 372 g/mol. The van der Waals surface area contributed by atoms with Crippen LogP contribution >= 0.6 is 0 Å². The number of hydrogen-bond acceptors (Lipinski definition) is 4. The molecule has 2 amide bonds. The van der Waals surface area contributed by atoms with Crippen molar-refractivity contribution >= 4 is 11.8 Å². The third kappa shape index (κ3) is 2.71. The SMILES string of the molecule is Cc1nccn1CCN(C)C(=O)[C@@H]1[C@@H]2C=C[C@@]3(CN(C(C)(C)C)C(=O)[C@@H]13)O2. The zero-order valence-corrected chi connectivity index (χ0v) is 16.7. The maximum Gasteiger partial charge on any atom is 0.230 e. The van der Waals surface area contributed by atoms with Gasteiger partial charge in [-0.25, -0.2) is 4.98 Å². The second-order valence-corrected chi connectivity index (χ2v) is 8.92. The fourth-order valence-corrected chi connectivity index (χ4v) is 4.61. The number of imidazole rings is 1. The molecule has 146 valence electrons. The normalized spacial score (nSPS) is 31.7. The smallest absolute Gasteiger partial charge is 0.230 e. The van der Waals surface area contributed by atoms with E-state index in [4.69, 9.17) is 4.74 Å². The highest BCUT2D eigenvalue weighted by Gasteiger charge is 2.68. The Kier molecular flexibility index (Phi) is 4.00. The number of nitrogens with zero attached hydrogens (tertiary/aromatic N) is 4. The molecule has 0 unspecified atom stereocenters. The van der Waals surface area contributed by atoms with E-state index in [1.807, 2.05) is 55.5 Å². The van der Waals surface area contributed by atoms with Gasteiger partial charge in [0.1, 0.15) is 11.4 Å². The number of aromatic nitrogens is 2. The molecule has 0 N–H and O–H groups in total. The second-order valence-electron chi connectivity index (χ2n) is 8.92. The van der Waals surface area contributed by atoms with E-state index in [1.165, 1.54) is 0 Å². The lowest BCUT2D eigenvalue weighted by Crippen LogP contribution is -2.47. The van der Waals surface area contributed by atoms with E-state index in [0.717, 1.165) is 5.82 Å². The van der Waals surface area contributed by atoms with Gasteiger partial charge in [-0.2, -0.15) is 0 Å². The Balaban J connectivity index is 1.52. The van der Waals surface area contributed by atoms with Crippen LogP contribution in [0.3, 0.4) is 0 Å². The quantitative estimate of drug-likeness (QED) is 0.746. The van der Waals surface area contributed by atoms with Crippen molar-refractivity contribution in [1.82, 2.24) is 19.4 Å². The van der Waals surface area contributed by atoms with Crippen molar-refractivity contribution in [3.05, 3.63) is 30.4 Å². The minimum Gasteiger partial charge on any atom is -0.360 e. The Morgan fingerprint density at radius 2 is 2.19 bits per heavy atom. The van der Waals surface area contributed by atoms with Crippen LogP contribution in [-0.4, -0.2) is 68.5 Å². The molecule has 0 saturated carbocycles. The number of ether oxygens (including phenoxy) is 1. The van der Waals surface area contributed by atoms with E-state index < -0.39 is 17.4 Å². The van der Waals surface area contributed by atoms with Gasteiger partial charge in [0.05, 0.1) is 24.5 Å². The summed E-state index contributed by atoms with van der Waals surface area (Å²) in [5.74, 6) is 0.0813. The van der Waals surface area contributed by atoms with Crippen LogP contribution in [0.2, 0.25) is 0 Å². The predicted molar refractivity (Wildman–Crippen MR) is 99.8 cm³/mol. The lowest BCUT2D eigenvalue weighted by atomic mass is 9.76. The summed E-state index contributed by atoms with van der Waals surface area (Å²) in [6, 6.07) is 0. The molecule has 3 aliphatic rings. The average Bonchev–Trinajstić information content (AvgIpc) is 3.33. The van der Waals surface area contributed by atoms with Crippen molar-refractivity contribution < 1.29 is 14.3 Å². The molecule has 7 nitrogen and oxygen atoms in total. The number of likely N-dealkylation sites (N-methyl/N-ethyl adjacent to an activating group) is 1. The highest BCUT2D eigenvalue weighted by Crippen LogP contribution is 2.53. The maximum atomic E-state index is 13.2. The van der Waals surface area contributed by atoms with Crippen molar-refractivity contribution in [2.75, 3.05) is 20.1 Å². The number of carbonyl (C=O) groups is 2. The van der Waals surface area contributed by atoms with E-state index in [9.17, 15) is 9.59 Å². The molecule has 1 aromatic heterocycles. The zero-order chi connectivity index (χ0) is 19.6. The van der Waals surface area contributed by atoms with Gasteiger partial charge in [0, 0.05) is 38.1 Å². The van der Waals surface area contributed by atoms with Crippen molar-refractivity contribution in [3.8, 4) is 0 Å². The molecule has 3 aliphatic heterocycles. The van der Waals surface area contributed by atoms with Gasteiger partial charge >= 0.3 is 0 Å². The fourth-order valence-electron chi connectivity index (χ4n) is 4.61. The summed E-state index contributed by atoms with van der Waals surface area (Å²) >= 11 is 0. The van der Waals surface area contributed by atoms with Gasteiger partial charge in [0.2, 0.25) is 11.8 Å². The zero-order valence-electron chi connectivity index (χ0n) is 16.7. The Morgan fingerprint density at radius 1 is 1.44 bits per heavy atom. The third-order valence-corrected chi connectivity index (χ3v) is 6.17. The molecule has 1 aromatic rings. The monoisotopic (exact) mass is 372 g/mol. The predicted octanol–water partition coefficient (Wildman–Crippen LogP) is 1.23. The van der Waals surface area contributed by atoms with Gasteiger partial charge in [-0.1, -0.05) is 12.2 Å². The summed E-state index contributed by atoms with van der Waals surface area (Å²) < 4.78 is 8.22. The molecule has 2 bridgehead atoms. The van der Waals surface area contributed by atoms with Crippen LogP contribution in [0.4, 0.5) is 0 Å². The fraction of sp³-hybridized carbons (Fsp3) is 0.650.